The Morgan fingerprint density at radius 2 is 1.65 bits per heavy atom. The third-order valence-electron chi connectivity index (χ3n) is 4.25. The lowest BCUT2D eigenvalue weighted by atomic mass is 10.0. The van der Waals surface area contributed by atoms with E-state index >= 15 is 0 Å². The molecule has 3 rings (SSSR count). The summed E-state index contributed by atoms with van der Waals surface area (Å²) >= 11 is 0. The number of hydrogen-bond donors (Lipinski definition) is 1. The molecule has 3 heteroatoms. The van der Waals surface area contributed by atoms with Crippen molar-refractivity contribution in [3.8, 4) is 11.5 Å². The van der Waals surface area contributed by atoms with Crippen molar-refractivity contribution < 1.29 is 9.53 Å². The molecule has 3 aromatic carbocycles. The predicted octanol–water partition coefficient (Wildman–Crippen LogP) is 5.67. The molecule has 0 aliphatic carbocycles. The fourth-order valence-corrected chi connectivity index (χ4v) is 2.86. The fourth-order valence-electron chi connectivity index (χ4n) is 2.86. The van der Waals surface area contributed by atoms with E-state index in [1.807, 2.05) is 54.6 Å². The third-order valence-corrected chi connectivity index (χ3v) is 4.25. The molecule has 0 spiro atoms. The number of nitrogens with one attached hydrogen (secondary N) is 1. The van der Waals surface area contributed by atoms with E-state index in [0.717, 1.165) is 12.2 Å². The Balaban J connectivity index is 1.64. The molecule has 1 N–H and O–H groups in total. The highest BCUT2D eigenvalue weighted by Gasteiger charge is 2.09. The van der Waals surface area contributed by atoms with Gasteiger partial charge in [0.15, 0.2) is 5.75 Å². The van der Waals surface area contributed by atoms with E-state index in [4.69, 9.17) is 4.74 Å². The van der Waals surface area contributed by atoms with Gasteiger partial charge in [-0.2, -0.15) is 0 Å². The van der Waals surface area contributed by atoms with Crippen LogP contribution in [0.2, 0.25) is 0 Å². The van der Waals surface area contributed by atoms with Crippen LogP contribution in [0.25, 0.3) is 0 Å². The number of anilines is 1. The first kappa shape index (κ1) is 17.7. The summed E-state index contributed by atoms with van der Waals surface area (Å²) < 4.78 is 5.89. The zero-order valence-electron chi connectivity index (χ0n) is 15.2. The molecule has 0 radical (unpaired) electrons. The van der Waals surface area contributed by atoms with Gasteiger partial charge < -0.3 is 10.1 Å². The molecule has 0 saturated carbocycles. The van der Waals surface area contributed by atoms with Gasteiger partial charge in [-0.15, -0.1) is 0 Å². The number of benzene rings is 3. The lowest BCUT2D eigenvalue weighted by molar-refractivity contribution is -0.116. The summed E-state index contributed by atoms with van der Waals surface area (Å²) in [6.07, 6.45) is 1.16. The average Bonchev–Trinajstić information content (AvgIpc) is 2.63. The minimum absolute atomic E-state index is 0.0194. The normalized spacial score (nSPS) is 10.4. The maximum absolute atomic E-state index is 12.4. The Labute approximate surface area is 154 Å². The van der Waals surface area contributed by atoms with E-state index in [0.29, 0.717) is 17.9 Å². The van der Waals surface area contributed by atoms with Gasteiger partial charge in [0.05, 0.1) is 5.69 Å². The van der Waals surface area contributed by atoms with Gasteiger partial charge in [0.2, 0.25) is 5.91 Å². The lowest BCUT2D eigenvalue weighted by Crippen LogP contribution is -2.13. The van der Waals surface area contributed by atoms with E-state index in [-0.39, 0.29) is 5.91 Å². The van der Waals surface area contributed by atoms with Crippen LogP contribution in [0, 0.1) is 13.8 Å². The van der Waals surface area contributed by atoms with Crippen LogP contribution < -0.4 is 10.1 Å². The predicted molar refractivity (Wildman–Crippen MR) is 106 cm³/mol. The highest BCUT2D eigenvalue weighted by atomic mass is 16.5. The van der Waals surface area contributed by atoms with Gasteiger partial charge >= 0.3 is 0 Å². The van der Waals surface area contributed by atoms with Crippen molar-refractivity contribution in [1.82, 2.24) is 0 Å². The van der Waals surface area contributed by atoms with Crippen molar-refractivity contribution >= 4 is 11.6 Å². The SMILES string of the molecule is Cc1ccc(CCC(=O)Nc2ccccc2Oc2ccccc2)c(C)c1. The van der Waals surface area contributed by atoms with Gasteiger partial charge in [-0.1, -0.05) is 54.1 Å². The molecule has 0 aromatic heterocycles. The zero-order chi connectivity index (χ0) is 18.4. The standard InChI is InChI=1S/C23H23NO2/c1-17-12-13-19(18(2)16-17)14-15-23(25)24-21-10-6-7-11-22(21)26-20-8-4-3-5-9-20/h3-13,16H,14-15H2,1-2H3,(H,24,25). The quantitative estimate of drug-likeness (QED) is 0.625. The van der Waals surface area contributed by atoms with Crippen LogP contribution >= 0.6 is 0 Å². The van der Waals surface area contributed by atoms with Crippen molar-refractivity contribution in [2.75, 3.05) is 5.32 Å². The summed E-state index contributed by atoms with van der Waals surface area (Å²) in [5.74, 6) is 1.36. The molecule has 1 amide bonds. The summed E-state index contributed by atoms with van der Waals surface area (Å²) in [5, 5.41) is 2.97. The van der Waals surface area contributed by atoms with E-state index in [1.54, 1.807) is 0 Å². The second-order valence-corrected chi connectivity index (χ2v) is 6.39. The summed E-state index contributed by atoms with van der Waals surface area (Å²) in [6.45, 7) is 4.16. The second kappa shape index (κ2) is 8.34. The van der Waals surface area contributed by atoms with Gasteiger partial charge in [0, 0.05) is 6.42 Å². The van der Waals surface area contributed by atoms with Crippen LogP contribution in [0.3, 0.4) is 0 Å². The Bertz CT molecular complexity index is 888. The molecule has 0 fully saturated rings. The molecule has 3 aromatic rings. The van der Waals surface area contributed by atoms with E-state index in [2.05, 4.69) is 37.4 Å². The van der Waals surface area contributed by atoms with Crippen LogP contribution in [0.5, 0.6) is 11.5 Å². The Morgan fingerprint density at radius 3 is 2.42 bits per heavy atom. The smallest absolute Gasteiger partial charge is 0.224 e. The minimum Gasteiger partial charge on any atom is -0.455 e. The first-order chi connectivity index (χ1) is 12.6. The molecular formula is C23H23NO2. The van der Waals surface area contributed by atoms with Crippen LogP contribution in [-0.2, 0) is 11.2 Å². The van der Waals surface area contributed by atoms with Crippen LogP contribution in [-0.4, -0.2) is 5.91 Å². The molecule has 26 heavy (non-hydrogen) atoms. The highest BCUT2D eigenvalue weighted by molar-refractivity contribution is 5.92. The number of rotatable bonds is 6. The Morgan fingerprint density at radius 1 is 0.923 bits per heavy atom. The maximum atomic E-state index is 12.4. The first-order valence-electron chi connectivity index (χ1n) is 8.80. The van der Waals surface area contributed by atoms with Gasteiger partial charge in [-0.05, 0) is 55.7 Å². The second-order valence-electron chi connectivity index (χ2n) is 6.39. The van der Waals surface area contributed by atoms with Gasteiger partial charge in [-0.3, -0.25) is 4.79 Å². The first-order valence-corrected chi connectivity index (χ1v) is 8.80. The summed E-state index contributed by atoms with van der Waals surface area (Å²) in [5.41, 5.74) is 4.36. The van der Waals surface area contributed by atoms with Crippen LogP contribution in [0.4, 0.5) is 5.69 Å². The molecular weight excluding hydrogens is 322 g/mol. The molecule has 3 nitrogen and oxygen atoms in total. The number of para-hydroxylation sites is 3. The fraction of sp³-hybridized carbons (Fsp3) is 0.174. The third kappa shape index (κ3) is 4.73. The molecule has 0 bridgehead atoms. The van der Waals surface area contributed by atoms with Crippen LogP contribution in [0.15, 0.2) is 72.8 Å². The number of carbonyl (C=O) groups is 1. The van der Waals surface area contributed by atoms with Crippen LogP contribution in [0.1, 0.15) is 23.1 Å². The molecule has 132 valence electrons. The summed E-state index contributed by atoms with van der Waals surface area (Å²) in [7, 11) is 0. The largest absolute Gasteiger partial charge is 0.455 e. The molecule has 0 aliphatic heterocycles. The van der Waals surface area contributed by atoms with E-state index < -0.39 is 0 Å². The average molecular weight is 345 g/mol. The molecule has 0 heterocycles. The van der Waals surface area contributed by atoms with Gasteiger partial charge in [-0.25, -0.2) is 0 Å². The van der Waals surface area contributed by atoms with Crippen molar-refractivity contribution in [2.24, 2.45) is 0 Å². The molecule has 0 unspecified atom stereocenters. The topological polar surface area (TPSA) is 38.3 Å². The molecule has 0 saturated heterocycles. The number of amides is 1. The Kier molecular flexibility index (Phi) is 5.69. The van der Waals surface area contributed by atoms with E-state index in [1.165, 1.54) is 16.7 Å². The molecule has 0 aliphatic rings. The van der Waals surface area contributed by atoms with Crippen molar-refractivity contribution in [1.29, 1.82) is 0 Å². The van der Waals surface area contributed by atoms with Crippen molar-refractivity contribution in [2.45, 2.75) is 26.7 Å². The van der Waals surface area contributed by atoms with Gasteiger partial charge in [0.25, 0.3) is 0 Å². The minimum atomic E-state index is -0.0194. The number of ether oxygens (including phenoxy) is 1. The highest BCUT2D eigenvalue weighted by Crippen LogP contribution is 2.29. The Hall–Kier alpha value is -3.07. The number of aryl methyl sites for hydroxylation is 3. The van der Waals surface area contributed by atoms with Gasteiger partial charge in [0.1, 0.15) is 5.75 Å². The van der Waals surface area contributed by atoms with E-state index in [9.17, 15) is 4.79 Å². The van der Waals surface area contributed by atoms with Crippen molar-refractivity contribution in [3.05, 3.63) is 89.5 Å². The molecule has 0 atom stereocenters. The number of carbonyl (C=O) groups excluding carboxylic acids is 1. The summed E-state index contributed by atoms with van der Waals surface area (Å²) in [6, 6.07) is 23.4. The maximum Gasteiger partial charge on any atom is 0.224 e. The monoisotopic (exact) mass is 345 g/mol. The zero-order valence-corrected chi connectivity index (χ0v) is 15.2. The summed E-state index contributed by atoms with van der Waals surface area (Å²) in [4.78, 5) is 12.4. The van der Waals surface area contributed by atoms with Crippen molar-refractivity contribution in [3.63, 3.8) is 0 Å². The number of hydrogen-bond acceptors (Lipinski definition) is 2. The lowest BCUT2D eigenvalue weighted by Gasteiger charge is -2.12.